The second kappa shape index (κ2) is 14.3. The summed E-state index contributed by atoms with van der Waals surface area (Å²) in [5.41, 5.74) is 1.14. The molecule has 3 unspecified atom stereocenters. The van der Waals surface area contributed by atoms with Gasteiger partial charge in [-0.15, -0.1) is 0 Å². The first-order valence-electron chi connectivity index (χ1n) is 16.1. The fourth-order valence-electron chi connectivity index (χ4n) is 6.57. The van der Waals surface area contributed by atoms with Gasteiger partial charge in [0.15, 0.2) is 0 Å². The Kier molecular flexibility index (Phi) is 10.2. The third-order valence-corrected chi connectivity index (χ3v) is 9.07. The number of likely N-dealkylation sites (N-methyl/N-ethyl adjacent to an activating group) is 1. The summed E-state index contributed by atoms with van der Waals surface area (Å²) in [6, 6.07) is 12.5. The van der Waals surface area contributed by atoms with Crippen LogP contribution in [0.15, 0.2) is 54.6 Å². The molecule has 10 nitrogen and oxygen atoms in total. The highest BCUT2D eigenvalue weighted by Gasteiger charge is 2.47. The average molecular weight is 632 g/mol. The Hall–Kier alpha value is -4.54. The number of carbonyl (C=O) groups is 5. The topological polar surface area (TPSA) is 132 Å². The van der Waals surface area contributed by atoms with E-state index in [0.29, 0.717) is 11.2 Å². The zero-order valence-corrected chi connectivity index (χ0v) is 26.6. The number of ketones is 1. The number of amides is 4. The maximum absolute atomic E-state index is 14.4. The summed E-state index contributed by atoms with van der Waals surface area (Å²) >= 11 is 0. The number of halogens is 1. The number of aromatic nitrogens is 1. The molecule has 11 heteroatoms. The van der Waals surface area contributed by atoms with Crippen LogP contribution in [0.3, 0.4) is 0 Å². The maximum atomic E-state index is 14.4. The van der Waals surface area contributed by atoms with E-state index < -0.39 is 47.3 Å². The summed E-state index contributed by atoms with van der Waals surface area (Å²) in [5, 5.41) is 5.96. The van der Waals surface area contributed by atoms with Crippen molar-refractivity contribution in [3.63, 3.8) is 0 Å². The molecule has 2 aromatic carbocycles. The molecule has 0 radical (unpaired) electrons. The molecule has 2 fully saturated rings. The Morgan fingerprint density at radius 3 is 2.39 bits per heavy atom. The summed E-state index contributed by atoms with van der Waals surface area (Å²) in [6.07, 6.45) is 4.84. The van der Waals surface area contributed by atoms with Crippen molar-refractivity contribution in [1.82, 2.24) is 20.1 Å². The van der Waals surface area contributed by atoms with Crippen LogP contribution in [0.5, 0.6) is 0 Å². The van der Waals surface area contributed by atoms with E-state index in [4.69, 9.17) is 0 Å². The lowest BCUT2D eigenvalue weighted by molar-refractivity contribution is -0.146. The number of nitrogens with one attached hydrogen (secondary N) is 3. The Labute approximate surface area is 268 Å². The molecule has 0 spiro atoms. The number of para-hydroxylation sites is 1. The van der Waals surface area contributed by atoms with Crippen molar-refractivity contribution < 1.29 is 28.4 Å². The quantitative estimate of drug-likeness (QED) is 0.280. The Bertz CT molecular complexity index is 1600. The van der Waals surface area contributed by atoms with E-state index in [0.717, 1.165) is 32.1 Å². The van der Waals surface area contributed by atoms with Gasteiger partial charge >= 0.3 is 0 Å². The number of benzene rings is 2. The monoisotopic (exact) mass is 631 g/mol. The molecule has 3 aromatic rings. The van der Waals surface area contributed by atoms with E-state index in [2.05, 4.69) is 15.6 Å². The lowest BCUT2D eigenvalue weighted by Crippen LogP contribution is -2.55. The molecule has 1 aromatic heterocycles. The van der Waals surface area contributed by atoms with Gasteiger partial charge in [-0.25, -0.2) is 4.39 Å². The maximum Gasteiger partial charge on any atom is 0.289 e. The summed E-state index contributed by atoms with van der Waals surface area (Å²) in [6.45, 7) is 3.74. The summed E-state index contributed by atoms with van der Waals surface area (Å²) < 4.78 is 14.4. The molecule has 3 atom stereocenters. The number of H-pyrrole nitrogens is 1. The second-order valence-electron chi connectivity index (χ2n) is 12.9. The smallest absolute Gasteiger partial charge is 0.289 e. The molecule has 2 aliphatic rings. The Balaban J connectivity index is 1.41. The number of Topliss-reactive ketones (excluding diaryl/α,β-unsaturated/α-hetero) is 1. The van der Waals surface area contributed by atoms with E-state index in [1.807, 2.05) is 19.9 Å². The normalized spacial score (nSPS) is 19.2. The molecule has 0 bridgehead atoms. The molecule has 1 aliphatic heterocycles. The van der Waals surface area contributed by atoms with Crippen LogP contribution in [0.2, 0.25) is 0 Å². The highest BCUT2D eigenvalue weighted by Crippen LogP contribution is 2.29. The number of aromatic amines is 1. The van der Waals surface area contributed by atoms with Crippen molar-refractivity contribution in [2.45, 2.75) is 76.9 Å². The minimum Gasteiger partial charge on any atom is -0.350 e. The van der Waals surface area contributed by atoms with E-state index in [9.17, 15) is 28.4 Å². The van der Waals surface area contributed by atoms with Crippen molar-refractivity contribution in [2.24, 2.45) is 11.8 Å². The van der Waals surface area contributed by atoms with E-state index in [1.54, 1.807) is 30.3 Å². The third kappa shape index (κ3) is 7.29. The first-order valence-corrected chi connectivity index (χ1v) is 16.1. The van der Waals surface area contributed by atoms with Crippen molar-refractivity contribution in [2.75, 3.05) is 18.9 Å². The number of nitrogens with zero attached hydrogens (tertiary/aromatic N) is 2. The molecule has 2 heterocycles. The van der Waals surface area contributed by atoms with Crippen LogP contribution in [0.4, 0.5) is 10.1 Å². The average Bonchev–Trinajstić information content (AvgIpc) is 3.70. The van der Waals surface area contributed by atoms with Crippen LogP contribution in [-0.4, -0.2) is 75.9 Å². The third-order valence-electron chi connectivity index (χ3n) is 9.07. The zero-order chi connectivity index (χ0) is 33.0. The van der Waals surface area contributed by atoms with Crippen molar-refractivity contribution in [1.29, 1.82) is 0 Å². The number of hydrogen-bond acceptors (Lipinski definition) is 5. The highest BCUT2D eigenvalue weighted by molar-refractivity contribution is 6.38. The van der Waals surface area contributed by atoms with Crippen LogP contribution < -0.4 is 10.6 Å². The van der Waals surface area contributed by atoms with Crippen LogP contribution in [-0.2, 0) is 19.2 Å². The molecule has 3 N–H and O–H groups in total. The van der Waals surface area contributed by atoms with Gasteiger partial charge in [0.2, 0.25) is 17.6 Å². The molecule has 4 amide bonds. The van der Waals surface area contributed by atoms with Gasteiger partial charge in [0.25, 0.3) is 11.8 Å². The van der Waals surface area contributed by atoms with Gasteiger partial charge in [-0.3, -0.25) is 24.0 Å². The van der Waals surface area contributed by atoms with Crippen molar-refractivity contribution in [3.8, 4) is 0 Å². The fraction of sp³-hybridized carbons (Fsp3) is 0.457. The highest BCUT2D eigenvalue weighted by atomic mass is 19.1. The van der Waals surface area contributed by atoms with Crippen LogP contribution in [0, 0.1) is 17.7 Å². The number of hydrogen-bond donors (Lipinski definition) is 3. The zero-order valence-electron chi connectivity index (χ0n) is 26.6. The lowest BCUT2D eigenvalue weighted by Gasteiger charge is -2.34. The lowest BCUT2D eigenvalue weighted by atomic mass is 9.95. The Morgan fingerprint density at radius 1 is 1.00 bits per heavy atom. The Morgan fingerprint density at radius 2 is 1.72 bits per heavy atom. The van der Waals surface area contributed by atoms with Gasteiger partial charge in [-0.2, -0.15) is 0 Å². The van der Waals surface area contributed by atoms with Crippen LogP contribution in [0.25, 0.3) is 10.9 Å². The molecule has 1 saturated carbocycles. The number of rotatable bonds is 10. The summed E-state index contributed by atoms with van der Waals surface area (Å²) in [7, 11) is 1.50. The van der Waals surface area contributed by atoms with Crippen molar-refractivity contribution >= 4 is 46.0 Å². The van der Waals surface area contributed by atoms with Gasteiger partial charge in [-0.1, -0.05) is 57.4 Å². The molecule has 1 aliphatic carbocycles. The summed E-state index contributed by atoms with van der Waals surface area (Å²) in [5.74, 6) is -4.19. The number of anilines is 1. The minimum atomic E-state index is -1.16. The first kappa shape index (κ1) is 32.8. The minimum absolute atomic E-state index is 0.0192. The van der Waals surface area contributed by atoms with Crippen molar-refractivity contribution in [3.05, 3.63) is 66.1 Å². The molecule has 244 valence electrons. The summed E-state index contributed by atoms with van der Waals surface area (Å²) in [4.78, 5) is 73.9. The largest absolute Gasteiger partial charge is 0.350 e. The predicted molar refractivity (Wildman–Crippen MR) is 172 cm³/mol. The standard InChI is InChI=1S/C35H42FN5O5/c1-21(2)17-30(40(3)34(45)28-19-25-26(36)15-10-16-27(25)39-28)35(46)41-20-22(32(43)37-23-11-6-4-7-12-23)18-29(41)31(42)33(44)38-24-13-8-5-9-14-24/h4,6-7,10-12,15-16,19,21-22,24,29-30,39H,5,8-9,13-14,17-18,20H2,1-3H3,(H,37,43)(H,38,44). The first-order chi connectivity index (χ1) is 22.0. The second-order valence-corrected chi connectivity index (χ2v) is 12.9. The van der Waals surface area contributed by atoms with E-state index in [1.165, 1.54) is 35.0 Å². The van der Waals surface area contributed by atoms with Crippen LogP contribution in [0.1, 0.15) is 69.3 Å². The van der Waals surface area contributed by atoms with Gasteiger partial charge in [0.05, 0.1) is 5.92 Å². The van der Waals surface area contributed by atoms with E-state index in [-0.39, 0.29) is 48.3 Å². The number of fused-ring (bicyclic) bond motifs is 1. The fourth-order valence-corrected chi connectivity index (χ4v) is 6.57. The SMILES string of the molecule is CC(C)CC(C(=O)N1CC(C(=O)Nc2ccccc2)CC1C(=O)C(=O)NC1CCCCC1)N(C)C(=O)c1cc2c(F)cccc2[nH]1. The van der Waals surface area contributed by atoms with Gasteiger partial charge in [-0.05, 0) is 61.9 Å². The van der Waals surface area contributed by atoms with Gasteiger partial charge < -0.3 is 25.4 Å². The molecular formula is C35H42FN5O5. The van der Waals surface area contributed by atoms with Crippen LogP contribution >= 0.6 is 0 Å². The van der Waals surface area contributed by atoms with E-state index >= 15 is 0 Å². The predicted octanol–water partition coefficient (Wildman–Crippen LogP) is 4.67. The number of carbonyl (C=O) groups excluding carboxylic acids is 5. The molecule has 1 saturated heterocycles. The number of likely N-dealkylation sites (tertiary alicyclic amines) is 1. The van der Waals surface area contributed by atoms with Gasteiger partial charge in [0.1, 0.15) is 23.6 Å². The molecule has 5 rings (SSSR count). The van der Waals surface area contributed by atoms with Gasteiger partial charge in [0, 0.05) is 36.2 Å². The molecular weight excluding hydrogens is 589 g/mol. The molecule has 46 heavy (non-hydrogen) atoms.